The summed E-state index contributed by atoms with van der Waals surface area (Å²) >= 11 is 6.08. The molecule has 0 spiro atoms. The standard InChI is InChI=1S/C15H20ClNO3/c1-4-5-7-20-15-12(11-17-6-8-18-2)9-13(16)10-14(15)19-3/h1,9-10,17H,5-8,11H2,2-3H3. The molecule has 1 aromatic carbocycles. The van der Waals surface area contributed by atoms with Crippen LogP contribution in [0.25, 0.3) is 0 Å². The van der Waals surface area contributed by atoms with Gasteiger partial charge in [0.1, 0.15) is 0 Å². The number of ether oxygens (including phenoxy) is 3. The van der Waals surface area contributed by atoms with Crippen LogP contribution in [0.2, 0.25) is 5.02 Å². The zero-order valence-electron chi connectivity index (χ0n) is 11.9. The lowest BCUT2D eigenvalue weighted by molar-refractivity contribution is 0.199. The van der Waals surface area contributed by atoms with Crippen LogP contribution in [0.15, 0.2) is 12.1 Å². The lowest BCUT2D eigenvalue weighted by atomic mass is 10.2. The Morgan fingerprint density at radius 2 is 2.10 bits per heavy atom. The van der Waals surface area contributed by atoms with E-state index in [1.807, 2.05) is 6.07 Å². The molecule has 0 saturated heterocycles. The van der Waals surface area contributed by atoms with Gasteiger partial charge in [0.15, 0.2) is 11.5 Å². The maximum Gasteiger partial charge on any atom is 0.165 e. The van der Waals surface area contributed by atoms with E-state index in [0.29, 0.717) is 42.7 Å². The molecule has 0 bridgehead atoms. The molecular formula is C15H20ClNO3. The average Bonchev–Trinajstić information content (AvgIpc) is 2.45. The van der Waals surface area contributed by atoms with Crippen LogP contribution in [0.3, 0.4) is 0 Å². The number of benzene rings is 1. The highest BCUT2D eigenvalue weighted by molar-refractivity contribution is 6.30. The summed E-state index contributed by atoms with van der Waals surface area (Å²) in [6.07, 6.45) is 5.77. The second-order valence-electron chi connectivity index (χ2n) is 4.07. The molecule has 1 N–H and O–H groups in total. The van der Waals surface area contributed by atoms with Crippen LogP contribution in [-0.2, 0) is 11.3 Å². The second kappa shape index (κ2) is 9.49. The summed E-state index contributed by atoms with van der Waals surface area (Å²) in [6, 6.07) is 3.58. The first kappa shape index (κ1) is 16.6. The number of terminal acetylenes is 1. The monoisotopic (exact) mass is 297 g/mol. The van der Waals surface area contributed by atoms with Gasteiger partial charge in [-0.2, -0.15) is 0 Å². The molecule has 0 atom stereocenters. The predicted molar refractivity (Wildman–Crippen MR) is 80.5 cm³/mol. The van der Waals surface area contributed by atoms with E-state index in [4.69, 9.17) is 32.2 Å². The van der Waals surface area contributed by atoms with Crippen LogP contribution in [-0.4, -0.2) is 34.0 Å². The smallest absolute Gasteiger partial charge is 0.165 e. The Balaban J connectivity index is 2.82. The maximum absolute atomic E-state index is 6.08. The molecule has 0 fully saturated rings. The Labute approximate surface area is 125 Å². The molecule has 0 radical (unpaired) electrons. The molecule has 110 valence electrons. The van der Waals surface area contributed by atoms with Gasteiger partial charge in [0.25, 0.3) is 0 Å². The van der Waals surface area contributed by atoms with Crippen LogP contribution in [0.5, 0.6) is 11.5 Å². The van der Waals surface area contributed by atoms with Gasteiger partial charge in [-0.05, 0) is 6.07 Å². The summed E-state index contributed by atoms with van der Waals surface area (Å²) in [7, 11) is 3.25. The number of methoxy groups -OCH3 is 2. The summed E-state index contributed by atoms with van der Waals surface area (Å²) in [5.74, 6) is 3.83. The van der Waals surface area contributed by atoms with Crippen molar-refractivity contribution < 1.29 is 14.2 Å². The van der Waals surface area contributed by atoms with E-state index < -0.39 is 0 Å². The van der Waals surface area contributed by atoms with E-state index in [9.17, 15) is 0 Å². The zero-order chi connectivity index (χ0) is 14.8. The van der Waals surface area contributed by atoms with Crippen LogP contribution in [0.4, 0.5) is 0 Å². The minimum atomic E-state index is 0.444. The Morgan fingerprint density at radius 3 is 2.75 bits per heavy atom. The quantitative estimate of drug-likeness (QED) is 0.561. The van der Waals surface area contributed by atoms with Gasteiger partial charge in [-0.25, -0.2) is 0 Å². The van der Waals surface area contributed by atoms with Gasteiger partial charge in [0.05, 0.1) is 20.3 Å². The Morgan fingerprint density at radius 1 is 1.30 bits per heavy atom. The molecule has 1 rings (SSSR count). The number of hydrogen-bond donors (Lipinski definition) is 1. The molecule has 0 aliphatic heterocycles. The molecule has 0 aliphatic rings. The molecule has 4 nitrogen and oxygen atoms in total. The van der Waals surface area contributed by atoms with Gasteiger partial charge in [0, 0.05) is 43.3 Å². The molecule has 0 aromatic heterocycles. The Hall–Kier alpha value is -1.41. The predicted octanol–water partition coefficient (Wildman–Crippen LogP) is 2.49. The van der Waals surface area contributed by atoms with Crippen LogP contribution >= 0.6 is 11.6 Å². The minimum Gasteiger partial charge on any atom is -0.493 e. The third kappa shape index (κ3) is 5.30. The molecule has 0 amide bonds. The van der Waals surface area contributed by atoms with Gasteiger partial charge in [-0.15, -0.1) is 12.3 Å². The van der Waals surface area contributed by atoms with E-state index in [-0.39, 0.29) is 0 Å². The van der Waals surface area contributed by atoms with Crippen molar-refractivity contribution in [3.05, 3.63) is 22.7 Å². The molecule has 20 heavy (non-hydrogen) atoms. The minimum absolute atomic E-state index is 0.444. The molecular weight excluding hydrogens is 278 g/mol. The van der Waals surface area contributed by atoms with Gasteiger partial charge in [-0.1, -0.05) is 11.6 Å². The van der Waals surface area contributed by atoms with E-state index in [0.717, 1.165) is 12.1 Å². The summed E-state index contributed by atoms with van der Waals surface area (Å²) in [5.41, 5.74) is 0.933. The molecule has 1 aromatic rings. The van der Waals surface area contributed by atoms with Crippen LogP contribution in [0.1, 0.15) is 12.0 Å². The Kier molecular flexibility index (Phi) is 7.89. The first-order valence-electron chi connectivity index (χ1n) is 6.35. The lowest BCUT2D eigenvalue weighted by Crippen LogP contribution is -2.19. The van der Waals surface area contributed by atoms with Crippen LogP contribution in [0, 0.1) is 12.3 Å². The molecule has 0 unspecified atom stereocenters. The van der Waals surface area contributed by atoms with E-state index in [1.54, 1.807) is 20.3 Å². The third-order valence-electron chi connectivity index (χ3n) is 2.61. The number of nitrogens with one attached hydrogen (secondary N) is 1. The normalized spacial score (nSPS) is 10.1. The molecule has 0 saturated carbocycles. The highest BCUT2D eigenvalue weighted by Gasteiger charge is 2.12. The molecule has 0 heterocycles. The van der Waals surface area contributed by atoms with Crippen molar-refractivity contribution in [3.8, 4) is 23.8 Å². The second-order valence-corrected chi connectivity index (χ2v) is 4.50. The third-order valence-corrected chi connectivity index (χ3v) is 2.83. The van der Waals surface area contributed by atoms with Crippen LogP contribution < -0.4 is 14.8 Å². The summed E-state index contributed by atoms with van der Waals surface area (Å²) in [4.78, 5) is 0. The van der Waals surface area contributed by atoms with Crippen molar-refractivity contribution in [2.45, 2.75) is 13.0 Å². The molecule has 0 aliphatic carbocycles. The number of hydrogen-bond acceptors (Lipinski definition) is 4. The first-order valence-corrected chi connectivity index (χ1v) is 6.73. The maximum atomic E-state index is 6.08. The van der Waals surface area contributed by atoms with E-state index in [1.165, 1.54) is 0 Å². The lowest BCUT2D eigenvalue weighted by Gasteiger charge is -2.15. The van der Waals surface area contributed by atoms with Gasteiger partial charge >= 0.3 is 0 Å². The van der Waals surface area contributed by atoms with Crippen molar-refractivity contribution >= 4 is 11.6 Å². The van der Waals surface area contributed by atoms with E-state index in [2.05, 4.69) is 11.2 Å². The fourth-order valence-corrected chi connectivity index (χ4v) is 1.91. The Bertz CT molecular complexity index is 457. The topological polar surface area (TPSA) is 39.7 Å². The van der Waals surface area contributed by atoms with Gasteiger partial charge in [0.2, 0.25) is 0 Å². The van der Waals surface area contributed by atoms with Crippen molar-refractivity contribution in [2.24, 2.45) is 0 Å². The van der Waals surface area contributed by atoms with Crippen molar-refractivity contribution in [2.75, 3.05) is 34.0 Å². The summed E-state index contributed by atoms with van der Waals surface area (Å²) < 4.78 is 16.0. The fourth-order valence-electron chi connectivity index (χ4n) is 1.68. The van der Waals surface area contributed by atoms with E-state index >= 15 is 0 Å². The average molecular weight is 298 g/mol. The first-order chi connectivity index (χ1) is 9.72. The van der Waals surface area contributed by atoms with Crippen molar-refractivity contribution in [1.29, 1.82) is 0 Å². The SMILES string of the molecule is C#CCCOc1c(CNCCOC)cc(Cl)cc1OC. The van der Waals surface area contributed by atoms with Crippen molar-refractivity contribution in [3.63, 3.8) is 0 Å². The van der Waals surface area contributed by atoms with Crippen molar-refractivity contribution in [1.82, 2.24) is 5.32 Å². The number of rotatable bonds is 9. The number of halogens is 1. The highest BCUT2D eigenvalue weighted by atomic mass is 35.5. The largest absolute Gasteiger partial charge is 0.493 e. The van der Waals surface area contributed by atoms with Gasteiger partial charge < -0.3 is 19.5 Å². The highest BCUT2D eigenvalue weighted by Crippen LogP contribution is 2.34. The zero-order valence-corrected chi connectivity index (χ0v) is 12.6. The molecule has 5 heteroatoms. The fraction of sp³-hybridized carbons (Fsp3) is 0.467. The summed E-state index contributed by atoms with van der Waals surface area (Å²) in [6.45, 7) is 2.45. The summed E-state index contributed by atoms with van der Waals surface area (Å²) in [5, 5.41) is 3.86. The van der Waals surface area contributed by atoms with Gasteiger partial charge in [-0.3, -0.25) is 0 Å².